The fraction of sp³-hybridized carbons (Fsp3) is 0.333. The summed E-state index contributed by atoms with van der Waals surface area (Å²) in [6, 6.07) is 10.5. The zero-order valence-electron chi connectivity index (χ0n) is 16.9. The molecule has 1 N–H and O–H groups in total. The number of ether oxygens (including phenoxy) is 1. The van der Waals surface area contributed by atoms with E-state index in [9.17, 15) is 14.0 Å². The zero-order valence-corrected chi connectivity index (χ0v) is 17.7. The fourth-order valence-electron chi connectivity index (χ4n) is 2.83. The van der Waals surface area contributed by atoms with E-state index in [0.29, 0.717) is 22.0 Å². The van der Waals surface area contributed by atoms with Crippen molar-refractivity contribution in [2.75, 3.05) is 33.1 Å². The van der Waals surface area contributed by atoms with Crippen LogP contribution in [0.25, 0.3) is 0 Å². The van der Waals surface area contributed by atoms with Crippen molar-refractivity contribution in [3.8, 4) is 5.75 Å². The van der Waals surface area contributed by atoms with Crippen LogP contribution < -0.4 is 10.1 Å². The lowest BCUT2D eigenvalue weighted by atomic mass is 10.2. The van der Waals surface area contributed by atoms with E-state index in [4.69, 9.17) is 16.3 Å². The molecule has 8 heteroatoms. The van der Waals surface area contributed by atoms with E-state index in [1.807, 2.05) is 0 Å². The molecule has 1 unspecified atom stereocenters. The first-order chi connectivity index (χ1) is 13.7. The van der Waals surface area contributed by atoms with Gasteiger partial charge in [0.1, 0.15) is 11.6 Å². The van der Waals surface area contributed by atoms with Gasteiger partial charge >= 0.3 is 0 Å². The first-order valence-electron chi connectivity index (χ1n) is 9.04. The smallest absolute Gasteiger partial charge is 0.239 e. The van der Waals surface area contributed by atoms with Crippen molar-refractivity contribution in [2.24, 2.45) is 0 Å². The van der Waals surface area contributed by atoms with Gasteiger partial charge in [0.2, 0.25) is 11.8 Å². The van der Waals surface area contributed by atoms with Crippen molar-refractivity contribution in [2.45, 2.75) is 19.5 Å². The van der Waals surface area contributed by atoms with E-state index in [1.54, 1.807) is 56.3 Å². The highest BCUT2D eigenvalue weighted by molar-refractivity contribution is 6.31. The summed E-state index contributed by atoms with van der Waals surface area (Å²) in [5, 5.41) is 3.22. The number of carbonyl (C=O) groups excluding carboxylic acids is 2. The molecule has 0 radical (unpaired) electrons. The molecule has 0 fully saturated rings. The summed E-state index contributed by atoms with van der Waals surface area (Å²) in [5.74, 6) is -0.337. The molecule has 0 aliphatic carbocycles. The molecule has 2 aromatic carbocycles. The van der Waals surface area contributed by atoms with Crippen LogP contribution in [0, 0.1) is 5.82 Å². The van der Waals surface area contributed by atoms with Crippen LogP contribution >= 0.6 is 11.6 Å². The molecule has 0 bridgehead atoms. The molecule has 0 saturated carbocycles. The van der Waals surface area contributed by atoms with Gasteiger partial charge in [-0.25, -0.2) is 4.39 Å². The van der Waals surface area contributed by atoms with E-state index in [0.717, 1.165) is 0 Å². The van der Waals surface area contributed by atoms with E-state index >= 15 is 0 Å². The maximum absolute atomic E-state index is 13.3. The van der Waals surface area contributed by atoms with Gasteiger partial charge in [-0.2, -0.15) is 0 Å². The van der Waals surface area contributed by atoms with Crippen LogP contribution in [-0.4, -0.2) is 55.4 Å². The topological polar surface area (TPSA) is 61.9 Å². The standard InChI is InChI=1S/C21H25ClFN3O3/c1-14(21(28)26(3)12-15-6-5-7-17(23)10-15)25(2)13-20(27)24-18-11-16(22)8-9-19(18)29-4/h5-11,14H,12-13H2,1-4H3,(H,24,27). The number of nitrogens with zero attached hydrogens (tertiary/aromatic N) is 2. The van der Waals surface area contributed by atoms with Gasteiger partial charge in [0.15, 0.2) is 0 Å². The molecule has 1 atom stereocenters. The molecule has 2 rings (SSSR count). The van der Waals surface area contributed by atoms with Gasteiger partial charge in [0, 0.05) is 18.6 Å². The van der Waals surface area contributed by atoms with Crippen molar-refractivity contribution in [1.29, 1.82) is 0 Å². The van der Waals surface area contributed by atoms with E-state index in [-0.39, 0.29) is 30.7 Å². The molecular formula is C21H25ClFN3O3. The number of benzene rings is 2. The number of anilines is 1. The highest BCUT2D eigenvalue weighted by Gasteiger charge is 2.23. The van der Waals surface area contributed by atoms with Crippen molar-refractivity contribution >= 4 is 29.1 Å². The first kappa shape index (κ1) is 22.6. The number of hydrogen-bond donors (Lipinski definition) is 1. The van der Waals surface area contributed by atoms with E-state index in [2.05, 4.69) is 5.32 Å². The number of carbonyl (C=O) groups is 2. The maximum atomic E-state index is 13.3. The largest absolute Gasteiger partial charge is 0.495 e. The summed E-state index contributed by atoms with van der Waals surface area (Å²) >= 11 is 5.98. The average Bonchev–Trinajstić information content (AvgIpc) is 2.66. The molecule has 29 heavy (non-hydrogen) atoms. The van der Waals surface area contributed by atoms with Crippen LogP contribution in [-0.2, 0) is 16.1 Å². The Morgan fingerprint density at radius 1 is 1.21 bits per heavy atom. The Morgan fingerprint density at radius 3 is 2.59 bits per heavy atom. The number of hydrogen-bond acceptors (Lipinski definition) is 4. The maximum Gasteiger partial charge on any atom is 0.239 e. The third-order valence-electron chi connectivity index (χ3n) is 4.53. The van der Waals surface area contributed by atoms with Gasteiger partial charge in [0.25, 0.3) is 0 Å². The molecular weight excluding hydrogens is 397 g/mol. The molecule has 0 aromatic heterocycles. The summed E-state index contributed by atoms with van der Waals surface area (Å²) in [5.41, 5.74) is 1.15. The number of likely N-dealkylation sites (N-methyl/N-ethyl adjacent to an activating group) is 2. The minimum absolute atomic E-state index is 0.00359. The van der Waals surface area contributed by atoms with Crippen LogP contribution in [0.1, 0.15) is 12.5 Å². The minimum atomic E-state index is -0.541. The number of rotatable bonds is 8. The highest BCUT2D eigenvalue weighted by atomic mass is 35.5. The lowest BCUT2D eigenvalue weighted by Gasteiger charge is -2.28. The Hall–Kier alpha value is -2.64. The molecule has 2 amide bonds. The van der Waals surface area contributed by atoms with Crippen molar-refractivity contribution in [3.05, 3.63) is 58.9 Å². The Labute approximate surface area is 175 Å². The van der Waals surface area contributed by atoms with Crippen LogP contribution in [0.2, 0.25) is 5.02 Å². The summed E-state index contributed by atoms with van der Waals surface area (Å²) in [7, 11) is 4.84. The average molecular weight is 422 g/mol. The molecule has 0 spiro atoms. The lowest BCUT2D eigenvalue weighted by Crippen LogP contribution is -2.46. The van der Waals surface area contributed by atoms with Gasteiger partial charge in [-0.05, 0) is 49.9 Å². The van der Waals surface area contributed by atoms with Crippen molar-refractivity contribution < 1.29 is 18.7 Å². The molecule has 0 aliphatic heterocycles. The normalized spacial score (nSPS) is 11.8. The van der Waals surface area contributed by atoms with Gasteiger partial charge in [0.05, 0.1) is 25.4 Å². The predicted octanol–water partition coefficient (Wildman–Crippen LogP) is 3.41. The van der Waals surface area contributed by atoms with Crippen LogP contribution in [0.15, 0.2) is 42.5 Å². The second-order valence-corrected chi connectivity index (χ2v) is 7.24. The van der Waals surface area contributed by atoms with E-state index < -0.39 is 6.04 Å². The van der Waals surface area contributed by atoms with Crippen LogP contribution in [0.4, 0.5) is 10.1 Å². The summed E-state index contributed by atoms with van der Waals surface area (Å²) in [6.45, 7) is 1.99. The zero-order chi connectivity index (χ0) is 21.6. The number of halogens is 2. The predicted molar refractivity (Wildman–Crippen MR) is 112 cm³/mol. The Balaban J connectivity index is 1.95. The quantitative estimate of drug-likeness (QED) is 0.709. The monoisotopic (exact) mass is 421 g/mol. The van der Waals surface area contributed by atoms with Gasteiger partial charge in [-0.15, -0.1) is 0 Å². The lowest BCUT2D eigenvalue weighted by molar-refractivity contribution is -0.135. The molecule has 0 aliphatic rings. The molecule has 0 saturated heterocycles. The number of methoxy groups -OCH3 is 1. The minimum Gasteiger partial charge on any atom is -0.495 e. The van der Waals surface area contributed by atoms with Crippen LogP contribution in [0.5, 0.6) is 5.75 Å². The molecule has 0 heterocycles. The molecule has 156 valence electrons. The molecule has 2 aromatic rings. The van der Waals surface area contributed by atoms with Crippen molar-refractivity contribution in [1.82, 2.24) is 9.80 Å². The highest BCUT2D eigenvalue weighted by Crippen LogP contribution is 2.27. The summed E-state index contributed by atoms with van der Waals surface area (Å²) in [6.07, 6.45) is 0. The molecule has 6 nitrogen and oxygen atoms in total. The second-order valence-electron chi connectivity index (χ2n) is 6.81. The third kappa shape index (κ3) is 6.44. The van der Waals surface area contributed by atoms with Crippen molar-refractivity contribution in [3.63, 3.8) is 0 Å². The summed E-state index contributed by atoms with van der Waals surface area (Å²) in [4.78, 5) is 28.2. The second kappa shape index (κ2) is 10.2. The SMILES string of the molecule is COc1ccc(Cl)cc1NC(=O)CN(C)C(C)C(=O)N(C)Cc1cccc(F)c1. The first-order valence-corrected chi connectivity index (χ1v) is 9.42. The Morgan fingerprint density at radius 2 is 1.93 bits per heavy atom. The summed E-state index contributed by atoms with van der Waals surface area (Å²) < 4.78 is 18.5. The number of nitrogens with one attached hydrogen (secondary N) is 1. The Kier molecular flexibility index (Phi) is 7.99. The Bertz CT molecular complexity index is 878. The van der Waals surface area contributed by atoms with Gasteiger partial charge in [-0.3, -0.25) is 14.5 Å². The van der Waals surface area contributed by atoms with E-state index in [1.165, 1.54) is 24.1 Å². The van der Waals surface area contributed by atoms with Gasteiger partial charge < -0.3 is 15.0 Å². The fourth-order valence-corrected chi connectivity index (χ4v) is 3.00. The van der Waals surface area contributed by atoms with Gasteiger partial charge in [-0.1, -0.05) is 23.7 Å². The third-order valence-corrected chi connectivity index (χ3v) is 4.77. The number of amides is 2. The van der Waals surface area contributed by atoms with Crippen LogP contribution in [0.3, 0.4) is 0 Å².